The van der Waals surface area contributed by atoms with Gasteiger partial charge in [-0.25, -0.2) is 0 Å². The minimum absolute atomic E-state index is 0.110. The summed E-state index contributed by atoms with van der Waals surface area (Å²) in [6.45, 7) is 3.80. The van der Waals surface area contributed by atoms with E-state index in [4.69, 9.17) is 9.68 Å². The van der Waals surface area contributed by atoms with Gasteiger partial charge >= 0.3 is 7.69 Å². The highest BCUT2D eigenvalue weighted by molar-refractivity contribution is 6.17. The van der Waals surface area contributed by atoms with Gasteiger partial charge in [-0.2, -0.15) is 0 Å². The molecule has 15 heavy (non-hydrogen) atoms. The predicted molar refractivity (Wildman–Crippen MR) is 57.6 cm³/mol. The van der Waals surface area contributed by atoms with Gasteiger partial charge in [0.25, 0.3) is 5.91 Å². The standard InChI is InChI=1S/C10H13BNO3/c1-7(2)12-10(13)8-3-5-9(6-4-8)15-11-14/h3-7,14H,1-2H3,(H,12,13). The van der Waals surface area contributed by atoms with Crippen molar-refractivity contribution in [3.05, 3.63) is 29.8 Å². The lowest BCUT2D eigenvalue weighted by Crippen LogP contribution is -2.29. The minimum atomic E-state index is -0.121. The second-order valence-electron chi connectivity index (χ2n) is 3.38. The Hall–Kier alpha value is -1.49. The molecule has 0 unspecified atom stereocenters. The maximum atomic E-state index is 11.5. The monoisotopic (exact) mass is 206 g/mol. The second kappa shape index (κ2) is 5.41. The Kier molecular flexibility index (Phi) is 4.18. The SMILES string of the molecule is CC(C)NC(=O)c1ccc(O[B]O)cc1. The van der Waals surface area contributed by atoms with Gasteiger partial charge in [-0.3, -0.25) is 4.79 Å². The fourth-order valence-electron chi connectivity index (χ4n) is 1.09. The summed E-state index contributed by atoms with van der Waals surface area (Å²) in [4.78, 5) is 11.5. The molecule has 0 atom stereocenters. The van der Waals surface area contributed by atoms with E-state index in [1.165, 1.54) is 0 Å². The summed E-state index contributed by atoms with van der Waals surface area (Å²) < 4.78 is 4.72. The number of rotatable bonds is 4. The van der Waals surface area contributed by atoms with Gasteiger partial charge in [0.05, 0.1) is 0 Å². The van der Waals surface area contributed by atoms with Crippen LogP contribution in [0.3, 0.4) is 0 Å². The molecule has 0 fully saturated rings. The van der Waals surface area contributed by atoms with Crippen LogP contribution < -0.4 is 9.97 Å². The molecule has 4 nitrogen and oxygen atoms in total. The van der Waals surface area contributed by atoms with E-state index in [-0.39, 0.29) is 11.9 Å². The number of hydrogen-bond donors (Lipinski definition) is 2. The van der Waals surface area contributed by atoms with Crippen molar-refractivity contribution >= 4 is 13.6 Å². The summed E-state index contributed by atoms with van der Waals surface area (Å²) in [6.07, 6.45) is 0. The van der Waals surface area contributed by atoms with Crippen LogP contribution in [0.15, 0.2) is 24.3 Å². The highest BCUT2D eigenvalue weighted by Crippen LogP contribution is 2.11. The number of hydrogen-bond acceptors (Lipinski definition) is 3. The lowest BCUT2D eigenvalue weighted by Gasteiger charge is -2.08. The fourth-order valence-corrected chi connectivity index (χ4v) is 1.09. The Labute approximate surface area is 89.6 Å². The van der Waals surface area contributed by atoms with Crippen molar-refractivity contribution in [2.45, 2.75) is 19.9 Å². The van der Waals surface area contributed by atoms with Crippen LogP contribution in [0.2, 0.25) is 0 Å². The third-order valence-corrected chi connectivity index (χ3v) is 1.73. The Morgan fingerprint density at radius 1 is 1.40 bits per heavy atom. The summed E-state index contributed by atoms with van der Waals surface area (Å²) in [5.74, 6) is 0.364. The van der Waals surface area contributed by atoms with Crippen LogP contribution in [-0.2, 0) is 0 Å². The largest absolute Gasteiger partial charge is 0.569 e. The molecule has 1 rings (SSSR count). The third-order valence-electron chi connectivity index (χ3n) is 1.73. The Balaban J connectivity index is 2.67. The minimum Gasteiger partial charge on any atom is -0.537 e. The zero-order chi connectivity index (χ0) is 11.3. The molecule has 0 aliphatic rings. The lowest BCUT2D eigenvalue weighted by molar-refractivity contribution is 0.0943. The maximum Gasteiger partial charge on any atom is 0.569 e. The van der Waals surface area contributed by atoms with Crippen molar-refractivity contribution in [2.24, 2.45) is 0 Å². The Morgan fingerprint density at radius 3 is 2.47 bits per heavy atom. The molecule has 0 spiro atoms. The molecule has 79 valence electrons. The first-order valence-electron chi connectivity index (χ1n) is 4.67. The normalized spacial score (nSPS) is 9.87. The Morgan fingerprint density at radius 2 is 2.00 bits per heavy atom. The first-order valence-corrected chi connectivity index (χ1v) is 4.67. The smallest absolute Gasteiger partial charge is 0.537 e. The summed E-state index contributed by atoms with van der Waals surface area (Å²) in [7, 11) is 0.600. The quantitative estimate of drug-likeness (QED) is 0.714. The van der Waals surface area contributed by atoms with Crippen molar-refractivity contribution in [3.63, 3.8) is 0 Å². The van der Waals surface area contributed by atoms with Crippen molar-refractivity contribution < 1.29 is 14.5 Å². The zero-order valence-corrected chi connectivity index (χ0v) is 8.73. The third kappa shape index (κ3) is 3.63. The van der Waals surface area contributed by atoms with Gasteiger partial charge in [0.1, 0.15) is 5.75 Å². The molecule has 0 saturated heterocycles. The molecule has 1 radical (unpaired) electrons. The van der Waals surface area contributed by atoms with E-state index in [0.29, 0.717) is 19.0 Å². The molecule has 5 heteroatoms. The number of carbonyl (C=O) groups excluding carboxylic acids is 1. The van der Waals surface area contributed by atoms with E-state index >= 15 is 0 Å². The van der Waals surface area contributed by atoms with E-state index < -0.39 is 0 Å². The molecule has 0 saturated carbocycles. The van der Waals surface area contributed by atoms with Crippen molar-refractivity contribution in [2.75, 3.05) is 0 Å². The van der Waals surface area contributed by atoms with E-state index in [1.54, 1.807) is 24.3 Å². The van der Waals surface area contributed by atoms with E-state index in [0.717, 1.165) is 0 Å². The van der Waals surface area contributed by atoms with Gasteiger partial charge in [0.15, 0.2) is 0 Å². The van der Waals surface area contributed by atoms with Gasteiger partial charge in [-0.05, 0) is 38.1 Å². The number of carbonyl (C=O) groups is 1. The number of amides is 1. The van der Waals surface area contributed by atoms with Crippen LogP contribution in [0.25, 0.3) is 0 Å². The summed E-state index contributed by atoms with van der Waals surface area (Å²) in [5, 5.41) is 11.2. The second-order valence-corrected chi connectivity index (χ2v) is 3.38. The highest BCUT2D eigenvalue weighted by Gasteiger charge is 2.06. The predicted octanol–water partition coefficient (Wildman–Crippen LogP) is 0.730. The van der Waals surface area contributed by atoms with Crippen molar-refractivity contribution in [1.82, 2.24) is 5.32 Å². The average Bonchev–Trinajstić information content (AvgIpc) is 2.18. The van der Waals surface area contributed by atoms with E-state index in [1.807, 2.05) is 13.8 Å². The van der Waals surface area contributed by atoms with Crippen molar-refractivity contribution in [3.8, 4) is 5.75 Å². The van der Waals surface area contributed by atoms with Gasteiger partial charge < -0.3 is 15.0 Å². The van der Waals surface area contributed by atoms with Gasteiger partial charge in [0, 0.05) is 11.6 Å². The molecular formula is C10H13BNO3. The topological polar surface area (TPSA) is 58.6 Å². The number of nitrogens with one attached hydrogen (secondary N) is 1. The molecular weight excluding hydrogens is 193 g/mol. The molecule has 1 aromatic rings. The molecule has 2 N–H and O–H groups in total. The fraction of sp³-hybridized carbons (Fsp3) is 0.300. The van der Waals surface area contributed by atoms with Crippen LogP contribution in [0.4, 0.5) is 0 Å². The van der Waals surface area contributed by atoms with Crippen LogP contribution >= 0.6 is 0 Å². The van der Waals surface area contributed by atoms with E-state index in [9.17, 15) is 4.79 Å². The lowest BCUT2D eigenvalue weighted by atomic mass is 10.2. The summed E-state index contributed by atoms with van der Waals surface area (Å²) in [6, 6.07) is 6.61. The highest BCUT2D eigenvalue weighted by atomic mass is 16.5. The van der Waals surface area contributed by atoms with E-state index in [2.05, 4.69) is 5.32 Å². The number of benzene rings is 1. The first-order chi connectivity index (χ1) is 7.13. The van der Waals surface area contributed by atoms with Gasteiger partial charge in [-0.1, -0.05) is 0 Å². The Bertz CT molecular complexity index is 324. The molecule has 0 heterocycles. The molecule has 0 bridgehead atoms. The average molecular weight is 206 g/mol. The van der Waals surface area contributed by atoms with Gasteiger partial charge in [0.2, 0.25) is 0 Å². The van der Waals surface area contributed by atoms with Crippen LogP contribution in [0.5, 0.6) is 5.75 Å². The molecule has 1 amide bonds. The molecule has 1 aromatic carbocycles. The zero-order valence-electron chi connectivity index (χ0n) is 8.73. The van der Waals surface area contributed by atoms with Crippen LogP contribution in [0, 0.1) is 0 Å². The first kappa shape index (κ1) is 11.6. The van der Waals surface area contributed by atoms with Crippen LogP contribution in [0.1, 0.15) is 24.2 Å². The molecule has 0 aliphatic heterocycles. The molecule has 0 aromatic heterocycles. The van der Waals surface area contributed by atoms with Gasteiger partial charge in [-0.15, -0.1) is 0 Å². The molecule has 0 aliphatic carbocycles. The summed E-state index contributed by atoms with van der Waals surface area (Å²) >= 11 is 0. The maximum absolute atomic E-state index is 11.5. The van der Waals surface area contributed by atoms with Crippen LogP contribution in [-0.4, -0.2) is 24.7 Å². The summed E-state index contributed by atoms with van der Waals surface area (Å²) in [5.41, 5.74) is 0.564. The van der Waals surface area contributed by atoms with Crippen molar-refractivity contribution in [1.29, 1.82) is 0 Å².